The lowest BCUT2D eigenvalue weighted by Gasteiger charge is -2.07. The van der Waals surface area contributed by atoms with Crippen LogP contribution >= 0.6 is 0 Å². The standard InChI is InChI=1S/C16H22N2O3/c1-12-6-4-5-7-14(12)13(2)10-15(19)18-11-16(20)17-8-9-21-3/h4-7,10H,8-9,11H2,1-3H3,(H,17,20)(H,18,19)/b13-10-. The first-order chi connectivity index (χ1) is 10.0. The van der Waals surface area contributed by atoms with E-state index < -0.39 is 0 Å². The summed E-state index contributed by atoms with van der Waals surface area (Å²) in [5.74, 6) is -0.514. The minimum Gasteiger partial charge on any atom is -0.383 e. The summed E-state index contributed by atoms with van der Waals surface area (Å²) in [7, 11) is 1.56. The molecule has 1 rings (SSSR count). The number of ether oxygens (including phenoxy) is 1. The number of methoxy groups -OCH3 is 1. The van der Waals surface area contributed by atoms with Gasteiger partial charge in [0, 0.05) is 19.7 Å². The smallest absolute Gasteiger partial charge is 0.244 e. The topological polar surface area (TPSA) is 67.4 Å². The molecule has 21 heavy (non-hydrogen) atoms. The second kappa shape index (κ2) is 8.92. The molecule has 0 aromatic heterocycles. The van der Waals surface area contributed by atoms with E-state index in [1.54, 1.807) is 7.11 Å². The summed E-state index contributed by atoms with van der Waals surface area (Å²) in [5.41, 5.74) is 3.00. The van der Waals surface area contributed by atoms with Gasteiger partial charge in [0.2, 0.25) is 11.8 Å². The quantitative estimate of drug-likeness (QED) is 0.587. The van der Waals surface area contributed by atoms with Crippen molar-refractivity contribution in [2.75, 3.05) is 26.8 Å². The first-order valence-corrected chi connectivity index (χ1v) is 6.82. The van der Waals surface area contributed by atoms with Crippen molar-refractivity contribution < 1.29 is 14.3 Å². The highest BCUT2D eigenvalue weighted by atomic mass is 16.5. The van der Waals surface area contributed by atoms with Gasteiger partial charge in [-0.3, -0.25) is 9.59 Å². The summed E-state index contributed by atoms with van der Waals surface area (Å²) in [6.45, 7) is 4.71. The van der Waals surface area contributed by atoms with E-state index in [9.17, 15) is 9.59 Å². The molecule has 114 valence electrons. The Balaban J connectivity index is 2.47. The van der Waals surface area contributed by atoms with Gasteiger partial charge >= 0.3 is 0 Å². The second-order valence-corrected chi connectivity index (χ2v) is 4.70. The molecule has 1 aromatic carbocycles. The highest BCUT2D eigenvalue weighted by Gasteiger charge is 2.05. The van der Waals surface area contributed by atoms with Crippen LogP contribution < -0.4 is 10.6 Å². The number of nitrogens with one attached hydrogen (secondary N) is 2. The molecule has 0 unspecified atom stereocenters. The van der Waals surface area contributed by atoms with Gasteiger partial charge in [-0.05, 0) is 30.5 Å². The van der Waals surface area contributed by atoms with Crippen LogP contribution in [0.15, 0.2) is 30.3 Å². The number of rotatable bonds is 7. The van der Waals surface area contributed by atoms with Crippen molar-refractivity contribution in [2.24, 2.45) is 0 Å². The molecular weight excluding hydrogens is 268 g/mol. The largest absolute Gasteiger partial charge is 0.383 e. The lowest BCUT2D eigenvalue weighted by atomic mass is 10.0. The zero-order valence-electron chi connectivity index (χ0n) is 12.7. The maximum absolute atomic E-state index is 11.8. The van der Waals surface area contributed by atoms with Crippen molar-refractivity contribution in [3.63, 3.8) is 0 Å². The van der Waals surface area contributed by atoms with Crippen molar-refractivity contribution in [2.45, 2.75) is 13.8 Å². The van der Waals surface area contributed by atoms with E-state index in [1.165, 1.54) is 6.08 Å². The molecule has 0 saturated heterocycles. The number of amides is 2. The molecule has 2 amide bonds. The van der Waals surface area contributed by atoms with Crippen molar-refractivity contribution in [1.82, 2.24) is 10.6 Å². The molecule has 0 atom stereocenters. The Kier molecular flexibility index (Phi) is 7.18. The Labute approximate surface area is 125 Å². The minimum absolute atomic E-state index is 0.0416. The predicted octanol–water partition coefficient (Wildman–Crippen LogP) is 1.28. The lowest BCUT2D eigenvalue weighted by molar-refractivity contribution is -0.124. The van der Waals surface area contributed by atoms with Crippen LogP contribution in [0.1, 0.15) is 18.1 Å². The summed E-state index contributed by atoms with van der Waals surface area (Å²) in [6, 6.07) is 7.84. The molecule has 0 bridgehead atoms. The van der Waals surface area contributed by atoms with Crippen LogP contribution in [-0.4, -0.2) is 38.6 Å². The summed E-state index contributed by atoms with van der Waals surface area (Å²) in [5, 5.41) is 5.20. The number of carbonyl (C=O) groups excluding carboxylic acids is 2. The van der Waals surface area contributed by atoms with Crippen LogP contribution in [0.2, 0.25) is 0 Å². The van der Waals surface area contributed by atoms with E-state index in [0.29, 0.717) is 13.2 Å². The zero-order chi connectivity index (χ0) is 15.7. The SMILES string of the molecule is COCCNC(=O)CNC(=O)/C=C(/C)c1ccccc1C. The third-order valence-electron chi connectivity index (χ3n) is 2.97. The Morgan fingerprint density at radius 1 is 1.24 bits per heavy atom. The van der Waals surface area contributed by atoms with E-state index in [2.05, 4.69) is 10.6 Å². The van der Waals surface area contributed by atoms with Gasteiger partial charge in [-0.2, -0.15) is 0 Å². The van der Waals surface area contributed by atoms with Gasteiger partial charge in [-0.25, -0.2) is 0 Å². The number of hydrogen-bond donors (Lipinski definition) is 2. The first kappa shape index (κ1) is 16.9. The summed E-state index contributed by atoms with van der Waals surface area (Å²) in [4.78, 5) is 23.2. The van der Waals surface area contributed by atoms with Crippen molar-refractivity contribution in [1.29, 1.82) is 0 Å². The summed E-state index contributed by atoms with van der Waals surface area (Å²) in [6.07, 6.45) is 1.50. The van der Waals surface area contributed by atoms with Gasteiger partial charge in [0.1, 0.15) is 0 Å². The molecule has 2 N–H and O–H groups in total. The van der Waals surface area contributed by atoms with E-state index in [1.807, 2.05) is 38.1 Å². The molecule has 0 spiro atoms. The van der Waals surface area contributed by atoms with Gasteiger partial charge in [-0.15, -0.1) is 0 Å². The molecule has 0 aliphatic heterocycles. The van der Waals surface area contributed by atoms with Gasteiger partial charge in [0.05, 0.1) is 13.2 Å². The van der Waals surface area contributed by atoms with Crippen LogP contribution in [-0.2, 0) is 14.3 Å². The van der Waals surface area contributed by atoms with E-state index in [0.717, 1.165) is 16.7 Å². The van der Waals surface area contributed by atoms with Crippen LogP contribution in [0.25, 0.3) is 5.57 Å². The number of benzene rings is 1. The molecule has 0 fully saturated rings. The van der Waals surface area contributed by atoms with Gasteiger partial charge in [0.25, 0.3) is 0 Å². The Bertz CT molecular complexity index is 524. The fourth-order valence-corrected chi connectivity index (χ4v) is 1.86. The van der Waals surface area contributed by atoms with Crippen LogP contribution in [0.4, 0.5) is 0 Å². The molecule has 5 heteroatoms. The molecule has 0 heterocycles. The van der Waals surface area contributed by atoms with E-state index >= 15 is 0 Å². The average molecular weight is 290 g/mol. The Morgan fingerprint density at radius 2 is 1.95 bits per heavy atom. The molecule has 0 saturated carbocycles. The normalized spacial score (nSPS) is 11.1. The van der Waals surface area contributed by atoms with Crippen LogP contribution in [0.5, 0.6) is 0 Å². The molecule has 1 aromatic rings. The van der Waals surface area contributed by atoms with Crippen LogP contribution in [0, 0.1) is 6.92 Å². The van der Waals surface area contributed by atoms with E-state index in [4.69, 9.17) is 4.74 Å². The average Bonchev–Trinajstić information content (AvgIpc) is 2.46. The van der Waals surface area contributed by atoms with Crippen molar-refractivity contribution in [3.8, 4) is 0 Å². The molecule has 5 nitrogen and oxygen atoms in total. The maximum Gasteiger partial charge on any atom is 0.244 e. The highest BCUT2D eigenvalue weighted by Crippen LogP contribution is 2.17. The predicted molar refractivity (Wildman–Crippen MR) is 82.7 cm³/mol. The van der Waals surface area contributed by atoms with Crippen molar-refractivity contribution >= 4 is 17.4 Å². The molecule has 0 aliphatic rings. The Morgan fingerprint density at radius 3 is 2.62 bits per heavy atom. The third kappa shape index (κ3) is 6.23. The monoisotopic (exact) mass is 290 g/mol. The maximum atomic E-state index is 11.8. The van der Waals surface area contributed by atoms with Gasteiger partial charge in [-0.1, -0.05) is 24.3 Å². The third-order valence-corrected chi connectivity index (χ3v) is 2.97. The molecule has 0 aliphatic carbocycles. The number of allylic oxidation sites excluding steroid dienone is 1. The highest BCUT2D eigenvalue weighted by molar-refractivity contribution is 5.97. The zero-order valence-corrected chi connectivity index (χ0v) is 12.7. The number of hydrogen-bond acceptors (Lipinski definition) is 3. The summed E-state index contributed by atoms with van der Waals surface area (Å²) >= 11 is 0. The number of aryl methyl sites for hydroxylation is 1. The second-order valence-electron chi connectivity index (χ2n) is 4.70. The lowest BCUT2D eigenvalue weighted by Crippen LogP contribution is -2.37. The molecule has 0 radical (unpaired) electrons. The number of carbonyl (C=O) groups is 2. The fourth-order valence-electron chi connectivity index (χ4n) is 1.86. The fraction of sp³-hybridized carbons (Fsp3) is 0.375. The van der Waals surface area contributed by atoms with Crippen LogP contribution in [0.3, 0.4) is 0 Å². The summed E-state index contributed by atoms with van der Waals surface area (Å²) < 4.78 is 4.82. The van der Waals surface area contributed by atoms with Crippen molar-refractivity contribution in [3.05, 3.63) is 41.5 Å². The first-order valence-electron chi connectivity index (χ1n) is 6.82. The van der Waals surface area contributed by atoms with Gasteiger partial charge in [0.15, 0.2) is 0 Å². The minimum atomic E-state index is -0.280. The van der Waals surface area contributed by atoms with E-state index in [-0.39, 0.29) is 18.4 Å². The molecular formula is C16H22N2O3. The van der Waals surface area contributed by atoms with Gasteiger partial charge < -0.3 is 15.4 Å². The Hall–Kier alpha value is -2.14.